The predicted octanol–water partition coefficient (Wildman–Crippen LogP) is -2.99. The van der Waals surface area contributed by atoms with Crippen LogP contribution in [0.2, 0.25) is 0 Å². The van der Waals surface area contributed by atoms with Crippen LogP contribution in [-0.2, 0) is 4.74 Å². The Labute approximate surface area is 87.5 Å². The van der Waals surface area contributed by atoms with Crippen LogP contribution in [0.5, 0.6) is 0 Å². The summed E-state index contributed by atoms with van der Waals surface area (Å²) in [4.78, 5) is 0. The molecule has 0 saturated carbocycles. The van der Waals surface area contributed by atoms with E-state index in [9.17, 15) is 15.3 Å². The Hall–Kier alpha value is -0.840. The first-order chi connectivity index (χ1) is 7.11. The van der Waals surface area contributed by atoms with Gasteiger partial charge in [-0.3, -0.25) is 0 Å². The van der Waals surface area contributed by atoms with Crippen LogP contribution < -0.4 is 5.32 Å². The molecule has 1 heterocycles. The van der Waals surface area contributed by atoms with E-state index in [1.54, 1.807) is 7.05 Å². The van der Waals surface area contributed by atoms with Gasteiger partial charge in [0, 0.05) is 13.1 Å². The Bertz CT molecular complexity index is 259. The molecule has 15 heavy (non-hydrogen) atoms. The van der Waals surface area contributed by atoms with E-state index >= 15 is 0 Å². The van der Waals surface area contributed by atoms with Gasteiger partial charge in [-0.1, -0.05) is 0 Å². The van der Waals surface area contributed by atoms with Crippen LogP contribution in [0.1, 0.15) is 0 Å². The maximum absolute atomic E-state index is 9.50. The first-order valence-electron chi connectivity index (χ1n) is 4.59. The van der Waals surface area contributed by atoms with Gasteiger partial charge in [0.2, 0.25) is 0 Å². The molecule has 0 unspecified atom stereocenters. The molecular weight excluding hydrogens is 202 g/mol. The second-order valence-electron chi connectivity index (χ2n) is 3.27. The number of hydrogen-bond acceptors (Lipinski definition) is 6. The number of nitrogens with one attached hydrogen (secondary N) is 1. The van der Waals surface area contributed by atoms with Gasteiger partial charge in [0.1, 0.15) is 30.5 Å². The zero-order chi connectivity index (χ0) is 11.4. The molecule has 5 atom stereocenters. The first kappa shape index (κ1) is 12.2. The van der Waals surface area contributed by atoms with E-state index in [-0.39, 0.29) is 0 Å². The first-order valence-corrected chi connectivity index (χ1v) is 4.59. The molecule has 1 aliphatic heterocycles. The lowest BCUT2D eigenvalue weighted by atomic mass is 9.95. The van der Waals surface area contributed by atoms with Crippen LogP contribution in [0.3, 0.4) is 0 Å². The Balaban J connectivity index is 2.74. The Morgan fingerprint density at radius 1 is 1.20 bits per heavy atom. The van der Waals surface area contributed by atoms with Crippen LogP contribution in [0.4, 0.5) is 0 Å². The molecule has 0 aromatic heterocycles. The summed E-state index contributed by atoms with van der Waals surface area (Å²) in [5.74, 6) is 2.52. The zero-order valence-electron chi connectivity index (χ0n) is 8.29. The molecule has 1 saturated heterocycles. The fourth-order valence-corrected chi connectivity index (χ4v) is 1.36. The topological polar surface area (TPSA) is 102 Å². The molecule has 0 spiro atoms. The lowest BCUT2D eigenvalue weighted by Gasteiger charge is -2.37. The van der Waals surface area contributed by atoms with Gasteiger partial charge in [-0.15, -0.1) is 0 Å². The van der Waals surface area contributed by atoms with Gasteiger partial charge in [-0.05, 0) is 5.92 Å². The molecule has 0 bridgehead atoms. The second-order valence-corrected chi connectivity index (χ2v) is 3.27. The third kappa shape index (κ3) is 2.59. The van der Waals surface area contributed by atoms with Crippen molar-refractivity contribution in [2.24, 2.45) is 0 Å². The van der Waals surface area contributed by atoms with Gasteiger partial charge >= 0.3 is 0 Å². The summed E-state index contributed by atoms with van der Waals surface area (Å²) in [5.41, 5.74) is 0. The number of aliphatic hydroxyl groups is 4. The Kier molecular flexibility index (Phi) is 4.32. The number of ether oxygens (including phenoxy) is 1. The van der Waals surface area contributed by atoms with Gasteiger partial charge < -0.3 is 30.5 Å². The van der Waals surface area contributed by atoms with Crippen LogP contribution in [0.15, 0.2) is 0 Å². The molecule has 6 heteroatoms. The summed E-state index contributed by atoms with van der Waals surface area (Å²) in [5, 5.41) is 39.7. The molecule has 0 aromatic rings. The van der Waals surface area contributed by atoms with Crippen LogP contribution in [0, 0.1) is 12.0 Å². The molecule has 1 aliphatic rings. The van der Waals surface area contributed by atoms with Crippen molar-refractivity contribution in [1.29, 1.82) is 0 Å². The minimum absolute atomic E-state index is 0.442. The lowest BCUT2D eigenvalue weighted by Crippen LogP contribution is -2.58. The normalized spacial score (nSPS) is 40.5. The minimum atomic E-state index is -1.37. The number of rotatable bonds is 1. The summed E-state index contributed by atoms with van der Waals surface area (Å²) in [7, 11) is 1.59. The van der Waals surface area contributed by atoms with Crippen molar-refractivity contribution in [3.63, 3.8) is 0 Å². The standard InChI is InChI=1S/C9H15NO5/c1-10-3-2-5-7(12)9(14)8(13)6(4-11)15-5/h5-14H,4H2,1H3/t5-,6-,7-,8-,9-/m1/s1. The van der Waals surface area contributed by atoms with E-state index in [2.05, 4.69) is 17.3 Å². The van der Waals surface area contributed by atoms with E-state index in [0.29, 0.717) is 0 Å². The second kappa shape index (κ2) is 5.30. The fourth-order valence-electron chi connectivity index (χ4n) is 1.36. The SMILES string of the molecule is CNC#C[C@H]1O[C@H](CO)[C@@H](O)[C@H](O)[C@@H]1O. The van der Waals surface area contributed by atoms with Crippen molar-refractivity contribution in [3.05, 3.63) is 0 Å². The summed E-state index contributed by atoms with van der Waals surface area (Å²) < 4.78 is 5.11. The molecule has 0 amide bonds. The average Bonchev–Trinajstić information content (AvgIpc) is 2.25. The van der Waals surface area contributed by atoms with Gasteiger partial charge in [0.25, 0.3) is 0 Å². The van der Waals surface area contributed by atoms with Crippen molar-refractivity contribution in [2.75, 3.05) is 13.7 Å². The summed E-state index contributed by atoms with van der Waals surface area (Å²) in [6.45, 7) is -0.442. The van der Waals surface area contributed by atoms with Gasteiger partial charge in [-0.25, -0.2) is 0 Å². The van der Waals surface area contributed by atoms with Crippen LogP contribution >= 0.6 is 0 Å². The largest absolute Gasteiger partial charge is 0.394 e. The van der Waals surface area contributed by atoms with Crippen LogP contribution in [0.25, 0.3) is 0 Å². The van der Waals surface area contributed by atoms with E-state index in [0.717, 1.165) is 0 Å². The van der Waals surface area contributed by atoms with Gasteiger partial charge in [-0.2, -0.15) is 0 Å². The van der Waals surface area contributed by atoms with E-state index in [4.69, 9.17) is 9.84 Å². The summed E-state index contributed by atoms with van der Waals surface area (Å²) >= 11 is 0. The Morgan fingerprint density at radius 2 is 1.87 bits per heavy atom. The van der Waals surface area contributed by atoms with Gasteiger partial charge in [0.15, 0.2) is 0 Å². The maximum atomic E-state index is 9.50. The van der Waals surface area contributed by atoms with Crippen molar-refractivity contribution in [2.45, 2.75) is 30.5 Å². The summed E-state index contributed by atoms with van der Waals surface area (Å²) in [6.07, 6.45) is -5.82. The molecule has 86 valence electrons. The van der Waals surface area contributed by atoms with E-state index < -0.39 is 37.1 Å². The molecule has 1 fully saturated rings. The lowest BCUT2D eigenvalue weighted by molar-refractivity contribution is -0.214. The van der Waals surface area contributed by atoms with Crippen molar-refractivity contribution < 1.29 is 25.2 Å². The number of aliphatic hydroxyl groups excluding tert-OH is 4. The third-order valence-corrected chi connectivity index (χ3v) is 2.23. The molecule has 0 aromatic carbocycles. The minimum Gasteiger partial charge on any atom is -0.394 e. The van der Waals surface area contributed by atoms with Crippen molar-refractivity contribution in [3.8, 4) is 12.0 Å². The zero-order valence-corrected chi connectivity index (χ0v) is 8.29. The molecule has 0 radical (unpaired) electrons. The smallest absolute Gasteiger partial charge is 0.149 e. The maximum Gasteiger partial charge on any atom is 0.149 e. The molecular formula is C9H15NO5. The quantitative estimate of drug-likeness (QED) is 0.237. The molecule has 0 aliphatic carbocycles. The third-order valence-electron chi connectivity index (χ3n) is 2.23. The highest BCUT2D eigenvalue weighted by Gasteiger charge is 2.42. The highest BCUT2D eigenvalue weighted by Crippen LogP contribution is 2.20. The molecule has 6 nitrogen and oxygen atoms in total. The van der Waals surface area contributed by atoms with Crippen LogP contribution in [-0.4, -0.2) is 64.6 Å². The monoisotopic (exact) mass is 217 g/mol. The summed E-state index contributed by atoms with van der Waals surface area (Å²) in [6, 6.07) is 2.47. The highest BCUT2D eigenvalue weighted by atomic mass is 16.5. The average molecular weight is 217 g/mol. The van der Waals surface area contributed by atoms with E-state index in [1.165, 1.54) is 0 Å². The Morgan fingerprint density at radius 3 is 2.40 bits per heavy atom. The van der Waals surface area contributed by atoms with E-state index in [1.807, 2.05) is 0 Å². The number of hydrogen-bond donors (Lipinski definition) is 5. The highest BCUT2D eigenvalue weighted by molar-refractivity contribution is 5.10. The van der Waals surface area contributed by atoms with Crippen molar-refractivity contribution in [1.82, 2.24) is 5.32 Å². The molecule has 1 rings (SSSR count). The van der Waals surface area contributed by atoms with Crippen molar-refractivity contribution >= 4 is 0 Å². The predicted molar refractivity (Wildman–Crippen MR) is 50.6 cm³/mol. The fraction of sp³-hybridized carbons (Fsp3) is 0.778. The molecule has 5 N–H and O–H groups in total. The van der Waals surface area contributed by atoms with Gasteiger partial charge in [0.05, 0.1) is 6.61 Å².